The Balaban J connectivity index is 2.49. The van der Waals surface area contributed by atoms with Crippen LogP contribution < -0.4 is 11.1 Å². The molecule has 0 aliphatic carbocycles. The molecular formula is C13H16N2O3. The molecule has 5 nitrogen and oxygen atoms in total. The molecule has 0 spiro atoms. The first kappa shape index (κ1) is 13.8. The number of rotatable bonds is 7. The Hall–Kier alpha value is -2.30. The molecule has 0 aliphatic rings. The number of carboxylic acids is 1. The fourth-order valence-electron chi connectivity index (χ4n) is 1.39. The molecule has 1 amide bonds. The van der Waals surface area contributed by atoms with Crippen LogP contribution in [0.5, 0.6) is 0 Å². The summed E-state index contributed by atoms with van der Waals surface area (Å²) in [4.78, 5) is 21.5. The molecule has 1 rings (SSSR count). The lowest BCUT2D eigenvalue weighted by molar-refractivity contribution is -0.139. The van der Waals surface area contributed by atoms with Crippen LogP contribution in [-0.2, 0) is 9.59 Å². The van der Waals surface area contributed by atoms with Gasteiger partial charge < -0.3 is 16.2 Å². The van der Waals surface area contributed by atoms with Crippen molar-refractivity contribution in [3.05, 3.63) is 42.1 Å². The Morgan fingerprint density at radius 2 is 2.00 bits per heavy atom. The maximum atomic E-state index is 10.9. The summed E-state index contributed by atoms with van der Waals surface area (Å²) < 4.78 is 0. The summed E-state index contributed by atoms with van der Waals surface area (Å²) in [5.41, 5.74) is 5.95. The van der Waals surface area contributed by atoms with Gasteiger partial charge in [0.05, 0.1) is 0 Å². The van der Waals surface area contributed by atoms with Gasteiger partial charge in [-0.05, 0) is 24.3 Å². The molecule has 0 radical (unpaired) electrons. The van der Waals surface area contributed by atoms with Crippen molar-refractivity contribution >= 4 is 18.0 Å². The minimum Gasteiger partial charge on any atom is -0.480 e. The summed E-state index contributed by atoms with van der Waals surface area (Å²) in [6, 6.07) is 8.67. The maximum Gasteiger partial charge on any atom is 0.326 e. The molecule has 1 atom stereocenters. The molecule has 1 aromatic carbocycles. The Bertz CT molecular complexity index is 429. The van der Waals surface area contributed by atoms with E-state index in [1.807, 2.05) is 30.3 Å². The molecule has 4 N–H and O–H groups in total. The van der Waals surface area contributed by atoms with Crippen molar-refractivity contribution in [2.24, 2.45) is 5.73 Å². The van der Waals surface area contributed by atoms with Gasteiger partial charge in [-0.1, -0.05) is 30.3 Å². The highest BCUT2D eigenvalue weighted by atomic mass is 16.4. The fraction of sp³-hybridized carbons (Fsp3) is 0.231. The molecular weight excluding hydrogens is 232 g/mol. The van der Waals surface area contributed by atoms with E-state index in [2.05, 4.69) is 5.32 Å². The van der Waals surface area contributed by atoms with Gasteiger partial charge in [0.15, 0.2) is 0 Å². The largest absolute Gasteiger partial charge is 0.480 e. The number of aliphatic carboxylic acids is 1. The number of nitrogens with two attached hydrogens (primary N) is 1. The number of hydrogen-bond donors (Lipinski definition) is 3. The van der Waals surface area contributed by atoms with E-state index in [0.29, 0.717) is 0 Å². The van der Waals surface area contributed by atoms with Crippen LogP contribution in [0.4, 0.5) is 0 Å². The average Bonchev–Trinajstić information content (AvgIpc) is 2.34. The van der Waals surface area contributed by atoms with Crippen molar-refractivity contribution < 1.29 is 14.7 Å². The number of nitrogens with one attached hydrogen (secondary N) is 1. The summed E-state index contributed by atoms with van der Waals surface area (Å²) >= 11 is 0. The second kappa shape index (κ2) is 7.11. The molecule has 0 heterocycles. The standard InChI is InChI=1S/C13H16N2O3/c14-12(16)7-6-11(13(17)18)15-9-8-10-4-2-1-3-5-10/h1-5,8-9,11,15H,6-7H2,(H2,14,16)(H,17,18). The smallest absolute Gasteiger partial charge is 0.326 e. The monoisotopic (exact) mass is 248 g/mol. The van der Waals surface area contributed by atoms with E-state index in [1.54, 1.807) is 12.3 Å². The highest BCUT2D eigenvalue weighted by Gasteiger charge is 2.15. The SMILES string of the molecule is NC(=O)CCC(NC=Cc1ccccc1)C(=O)O. The highest BCUT2D eigenvalue weighted by molar-refractivity contribution is 5.77. The average molecular weight is 248 g/mol. The molecule has 5 heteroatoms. The predicted molar refractivity (Wildman–Crippen MR) is 68.5 cm³/mol. The number of amides is 1. The van der Waals surface area contributed by atoms with Gasteiger partial charge in [0.25, 0.3) is 0 Å². The van der Waals surface area contributed by atoms with Crippen LogP contribution in [0, 0.1) is 0 Å². The first-order valence-corrected chi connectivity index (χ1v) is 5.58. The van der Waals surface area contributed by atoms with Crippen LogP contribution in [0.15, 0.2) is 36.5 Å². The lowest BCUT2D eigenvalue weighted by Gasteiger charge is -2.11. The Kier molecular flexibility index (Phi) is 5.44. The van der Waals surface area contributed by atoms with E-state index in [1.165, 1.54) is 0 Å². The van der Waals surface area contributed by atoms with E-state index < -0.39 is 17.9 Å². The minimum absolute atomic E-state index is 0.0448. The third kappa shape index (κ3) is 5.16. The molecule has 0 saturated heterocycles. The van der Waals surface area contributed by atoms with Crippen molar-refractivity contribution in [2.45, 2.75) is 18.9 Å². The molecule has 1 aromatic rings. The summed E-state index contributed by atoms with van der Waals surface area (Å²) in [5.74, 6) is -1.51. The predicted octanol–water partition coefficient (Wildman–Crippen LogP) is 0.966. The molecule has 0 saturated carbocycles. The molecule has 0 bridgehead atoms. The first-order chi connectivity index (χ1) is 8.59. The van der Waals surface area contributed by atoms with Gasteiger partial charge >= 0.3 is 5.97 Å². The molecule has 0 aliphatic heterocycles. The fourth-order valence-corrected chi connectivity index (χ4v) is 1.39. The normalized spacial score (nSPS) is 12.2. The summed E-state index contributed by atoms with van der Waals surface area (Å²) in [6.07, 6.45) is 3.54. The van der Waals surface area contributed by atoms with Crippen LogP contribution in [0.2, 0.25) is 0 Å². The van der Waals surface area contributed by atoms with Gasteiger partial charge in [-0.25, -0.2) is 4.79 Å². The van der Waals surface area contributed by atoms with E-state index in [4.69, 9.17) is 10.8 Å². The van der Waals surface area contributed by atoms with Crippen LogP contribution in [0.25, 0.3) is 6.08 Å². The first-order valence-electron chi connectivity index (χ1n) is 5.58. The van der Waals surface area contributed by atoms with Gasteiger partial charge in [-0.2, -0.15) is 0 Å². The summed E-state index contributed by atoms with van der Waals surface area (Å²) in [6.45, 7) is 0. The summed E-state index contributed by atoms with van der Waals surface area (Å²) in [5, 5.41) is 11.7. The zero-order chi connectivity index (χ0) is 13.4. The second-order valence-corrected chi connectivity index (χ2v) is 3.81. The van der Waals surface area contributed by atoms with E-state index in [9.17, 15) is 9.59 Å². The zero-order valence-electron chi connectivity index (χ0n) is 9.87. The van der Waals surface area contributed by atoms with Gasteiger partial charge in [0, 0.05) is 6.42 Å². The molecule has 18 heavy (non-hydrogen) atoms. The topological polar surface area (TPSA) is 92.4 Å². The van der Waals surface area contributed by atoms with Gasteiger partial charge in [-0.15, -0.1) is 0 Å². The quantitative estimate of drug-likeness (QED) is 0.670. The number of carboxylic acid groups (broad SMARTS) is 1. The maximum absolute atomic E-state index is 10.9. The third-order valence-corrected chi connectivity index (χ3v) is 2.35. The van der Waals surface area contributed by atoms with Crippen molar-refractivity contribution in [2.75, 3.05) is 0 Å². The molecule has 96 valence electrons. The number of primary amides is 1. The Morgan fingerprint density at radius 1 is 1.33 bits per heavy atom. The van der Waals surface area contributed by atoms with E-state index in [-0.39, 0.29) is 12.8 Å². The van der Waals surface area contributed by atoms with Gasteiger partial charge in [0.2, 0.25) is 5.91 Å². The second-order valence-electron chi connectivity index (χ2n) is 3.81. The lowest BCUT2D eigenvalue weighted by atomic mass is 10.1. The Labute approximate surface area is 105 Å². The Morgan fingerprint density at radius 3 is 2.56 bits per heavy atom. The van der Waals surface area contributed by atoms with Gasteiger partial charge in [0.1, 0.15) is 6.04 Å². The minimum atomic E-state index is -1.01. The summed E-state index contributed by atoms with van der Waals surface area (Å²) in [7, 11) is 0. The van der Waals surface area contributed by atoms with E-state index in [0.717, 1.165) is 5.56 Å². The van der Waals surface area contributed by atoms with Crippen molar-refractivity contribution in [3.8, 4) is 0 Å². The number of benzene rings is 1. The van der Waals surface area contributed by atoms with E-state index >= 15 is 0 Å². The zero-order valence-corrected chi connectivity index (χ0v) is 9.87. The van der Waals surface area contributed by atoms with Crippen LogP contribution >= 0.6 is 0 Å². The van der Waals surface area contributed by atoms with Crippen molar-refractivity contribution in [1.82, 2.24) is 5.32 Å². The highest BCUT2D eigenvalue weighted by Crippen LogP contribution is 2.01. The lowest BCUT2D eigenvalue weighted by Crippen LogP contribution is -2.34. The molecule has 0 fully saturated rings. The molecule has 0 aromatic heterocycles. The van der Waals surface area contributed by atoms with Crippen LogP contribution in [0.1, 0.15) is 18.4 Å². The molecule has 1 unspecified atom stereocenters. The third-order valence-electron chi connectivity index (χ3n) is 2.35. The van der Waals surface area contributed by atoms with Crippen molar-refractivity contribution in [3.63, 3.8) is 0 Å². The number of carbonyl (C=O) groups is 2. The van der Waals surface area contributed by atoms with Gasteiger partial charge in [-0.3, -0.25) is 4.79 Å². The van der Waals surface area contributed by atoms with Crippen LogP contribution in [-0.4, -0.2) is 23.0 Å². The van der Waals surface area contributed by atoms with Crippen molar-refractivity contribution in [1.29, 1.82) is 0 Å². The number of hydrogen-bond acceptors (Lipinski definition) is 3. The number of carbonyl (C=O) groups excluding carboxylic acids is 1. The van der Waals surface area contributed by atoms with Crippen LogP contribution in [0.3, 0.4) is 0 Å².